The van der Waals surface area contributed by atoms with E-state index in [9.17, 15) is 0 Å². The zero-order chi connectivity index (χ0) is 13.7. The minimum absolute atomic E-state index is 0.446. The topological polar surface area (TPSA) is 34.2 Å². The standard InChI is InChI=1S/C15H17ClN2O/c1-11-7-8-15(14(18-11)9-17-2)19-10-12-5-3-4-6-13(12)16/h3-8,17H,9-10H2,1-2H3. The molecule has 0 radical (unpaired) electrons. The second-order valence-electron chi connectivity index (χ2n) is 4.31. The molecular weight excluding hydrogens is 260 g/mol. The van der Waals surface area contributed by atoms with Crippen molar-refractivity contribution in [3.8, 4) is 5.75 Å². The fourth-order valence-electron chi connectivity index (χ4n) is 1.79. The fourth-order valence-corrected chi connectivity index (χ4v) is 1.98. The lowest BCUT2D eigenvalue weighted by Crippen LogP contribution is -2.10. The largest absolute Gasteiger partial charge is 0.487 e. The van der Waals surface area contributed by atoms with Gasteiger partial charge in [0.15, 0.2) is 0 Å². The lowest BCUT2D eigenvalue weighted by molar-refractivity contribution is 0.300. The maximum absolute atomic E-state index is 6.11. The van der Waals surface area contributed by atoms with Crippen molar-refractivity contribution in [1.29, 1.82) is 0 Å². The predicted molar refractivity (Wildman–Crippen MR) is 77.5 cm³/mol. The highest BCUT2D eigenvalue weighted by Crippen LogP contribution is 2.21. The molecule has 1 aromatic heterocycles. The van der Waals surface area contributed by atoms with Crippen LogP contribution in [0, 0.1) is 6.92 Å². The third-order valence-electron chi connectivity index (χ3n) is 2.76. The first kappa shape index (κ1) is 13.8. The smallest absolute Gasteiger partial charge is 0.142 e. The van der Waals surface area contributed by atoms with E-state index in [0.717, 1.165) is 27.7 Å². The van der Waals surface area contributed by atoms with Crippen molar-refractivity contribution in [2.24, 2.45) is 0 Å². The lowest BCUT2D eigenvalue weighted by atomic mass is 10.2. The van der Waals surface area contributed by atoms with Crippen LogP contribution in [0.2, 0.25) is 5.02 Å². The first-order chi connectivity index (χ1) is 9.20. The van der Waals surface area contributed by atoms with Gasteiger partial charge in [-0.15, -0.1) is 0 Å². The zero-order valence-corrected chi connectivity index (χ0v) is 11.9. The summed E-state index contributed by atoms with van der Waals surface area (Å²) in [4.78, 5) is 4.48. The van der Waals surface area contributed by atoms with Gasteiger partial charge in [-0.2, -0.15) is 0 Å². The van der Waals surface area contributed by atoms with E-state index in [4.69, 9.17) is 16.3 Å². The second kappa shape index (κ2) is 6.55. The van der Waals surface area contributed by atoms with Gasteiger partial charge in [-0.25, -0.2) is 0 Å². The summed E-state index contributed by atoms with van der Waals surface area (Å²) >= 11 is 6.11. The summed E-state index contributed by atoms with van der Waals surface area (Å²) < 4.78 is 5.82. The number of halogens is 1. The summed E-state index contributed by atoms with van der Waals surface area (Å²) in [5.41, 5.74) is 2.87. The molecule has 0 aliphatic heterocycles. The molecule has 0 saturated carbocycles. The van der Waals surface area contributed by atoms with E-state index >= 15 is 0 Å². The molecule has 4 heteroatoms. The quantitative estimate of drug-likeness (QED) is 0.909. The molecule has 2 aromatic rings. The van der Waals surface area contributed by atoms with Gasteiger partial charge in [-0.05, 0) is 32.2 Å². The van der Waals surface area contributed by atoms with E-state index in [0.29, 0.717) is 13.2 Å². The summed E-state index contributed by atoms with van der Waals surface area (Å²) in [5, 5.41) is 3.81. The van der Waals surface area contributed by atoms with Crippen LogP contribution in [0.1, 0.15) is 17.0 Å². The molecule has 0 aliphatic rings. The Morgan fingerprint density at radius 1 is 1.21 bits per heavy atom. The molecule has 100 valence electrons. The normalized spacial score (nSPS) is 10.5. The molecule has 0 atom stereocenters. The van der Waals surface area contributed by atoms with Crippen LogP contribution in [0.25, 0.3) is 0 Å². The summed E-state index contributed by atoms with van der Waals surface area (Å²) in [6.07, 6.45) is 0. The Bertz CT molecular complexity index is 558. The van der Waals surface area contributed by atoms with Crippen LogP contribution in [0.4, 0.5) is 0 Å². The van der Waals surface area contributed by atoms with Crippen molar-refractivity contribution in [3.05, 3.63) is 58.4 Å². The minimum atomic E-state index is 0.446. The van der Waals surface area contributed by atoms with Gasteiger partial charge in [-0.1, -0.05) is 29.8 Å². The Hall–Kier alpha value is -1.58. The molecule has 0 saturated heterocycles. The number of aromatic nitrogens is 1. The van der Waals surface area contributed by atoms with Crippen molar-refractivity contribution < 1.29 is 4.74 Å². The van der Waals surface area contributed by atoms with E-state index in [2.05, 4.69) is 10.3 Å². The number of hydrogen-bond acceptors (Lipinski definition) is 3. The van der Waals surface area contributed by atoms with E-state index in [-0.39, 0.29) is 0 Å². The molecule has 0 unspecified atom stereocenters. The third kappa shape index (κ3) is 3.69. The number of ether oxygens (including phenoxy) is 1. The number of aryl methyl sites for hydroxylation is 1. The summed E-state index contributed by atoms with van der Waals surface area (Å²) in [6.45, 7) is 3.09. The Kier molecular flexibility index (Phi) is 4.77. The number of rotatable bonds is 5. The minimum Gasteiger partial charge on any atom is -0.487 e. The lowest BCUT2D eigenvalue weighted by Gasteiger charge is -2.12. The van der Waals surface area contributed by atoms with Crippen molar-refractivity contribution in [2.75, 3.05) is 7.05 Å². The van der Waals surface area contributed by atoms with E-state index in [1.54, 1.807) is 0 Å². The SMILES string of the molecule is CNCc1nc(C)ccc1OCc1ccccc1Cl. The van der Waals surface area contributed by atoms with Crippen molar-refractivity contribution in [3.63, 3.8) is 0 Å². The monoisotopic (exact) mass is 276 g/mol. The predicted octanol–water partition coefficient (Wildman–Crippen LogP) is 3.34. The number of benzene rings is 1. The molecule has 0 aliphatic carbocycles. The highest BCUT2D eigenvalue weighted by Gasteiger charge is 2.06. The molecule has 1 heterocycles. The maximum atomic E-state index is 6.11. The van der Waals surface area contributed by atoms with Crippen LogP contribution in [0.5, 0.6) is 5.75 Å². The number of nitrogens with one attached hydrogen (secondary N) is 1. The zero-order valence-electron chi connectivity index (χ0n) is 11.1. The van der Waals surface area contributed by atoms with Crippen LogP contribution < -0.4 is 10.1 Å². The van der Waals surface area contributed by atoms with Gasteiger partial charge < -0.3 is 10.1 Å². The van der Waals surface area contributed by atoms with Gasteiger partial charge in [-0.3, -0.25) is 4.98 Å². The molecule has 19 heavy (non-hydrogen) atoms. The average molecular weight is 277 g/mol. The van der Waals surface area contributed by atoms with E-state index in [1.807, 2.05) is 50.4 Å². The fraction of sp³-hybridized carbons (Fsp3) is 0.267. The molecular formula is C15H17ClN2O. The Morgan fingerprint density at radius 3 is 2.74 bits per heavy atom. The van der Waals surface area contributed by atoms with E-state index < -0.39 is 0 Å². The van der Waals surface area contributed by atoms with Crippen LogP contribution in [-0.4, -0.2) is 12.0 Å². The summed E-state index contributed by atoms with van der Waals surface area (Å²) in [6, 6.07) is 11.6. The van der Waals surface area contributed by atoms with Crippen molar-refractivity contribution >= 4 is 11.6 Å². The van der Waals surface area contributed by atoms with Gasteiger partial charge in [0.2, 0.25) is 0 Å². The highest BCUT2D eigenvalue weighted by molar-refractivity contribution is 6.31. The Morgan fingerprint density at radius 2 is 2.00 bits per heavy atom. The Labute approximate surface area is 118 Å². The van der Waals surface area contributed by atoms with Crippen LogP contribution >= 0.6 is 11.6 Å². The molecule has 0 spiro atoms. The van der Waals surface area contributed by atoms with E-state index in [1.165, 1.54) is 0 Å². The Balaban J connectivity index is 2.13. The highest BCUT2D eigenvalue weighted by atomic mass is 35.5. The van der Waals surface area contributed by atoms with Crippen LogP contribution in [0.3, 0.4) is 0 Å². The van der Waals surface area contributed by atoms with Gasteiger partial charge in [0.05, 0.1) is 5.69 Å². The molecule has 0 fully saturated rings. The van der Waals surface area contributed by atoms with Crippen molar-refractivity contribution in [1.82, 2.24) is 10.3 Å². The molecule has 0 amide bonds. The summed E-state index contributed by atoms with van der Waals surface area (Å²) in [5.74, 6) is 0.792. The molecule has 2 rings (SSSR count). The molecule has 3 nitrogen and oxygen atoms in total. The average Bonchev–Trinajstić information content (AvgIpc) is 2.40. The van der Waals surface area contributed by atoms with Crippen molar-refractivity contribution in [2.45, 2.75) is 20.1 Å². The van der Waals surface area contributed by atoms with Crippen LogP contribution in [-0.2, 0) is 13.2 Å². The molecule has 1 aromatic carbocycles. The molecule has 1 N–H and O–H groups in total. The van der Waals surface area contributed by atoms with Crippen LogP contribution in [0.15, 0.2) is 36.4 Å². The van der Waals surface area contributed by atoms with Gasteiger partial charge >= 0.3 is 0 Å². The molecule has 0 bridgehead atoms. The van der Waals surface area contributed by atoms with Gasteiger partial charge in [0, 0.05) is 22.8 Å². The maximum Gasteiger partial charge on any atom is 0.142 e. The number of nitrogens with zero attached hydrogens (tertiary/aromatic N) is 1. The second-order valence-corrected chi connectivity index (χ2v) is 4.72. The summed E-state index contributed by atoms with van der Waals surface area (Å²) in [7, 11) is 1.89. The van der Waals surface area contributed by atoms with Gasteiger partial charge in [0.25, 0.3) is 0 Å². The first-order valence-corrected chi connectivity index (χ1v) is 6.56. The first-order valence-electron chi connectivity index (χ1n) is 6.18. The van der Waals surface area contributed by atoms with Gasteiger partial charge in [0.1, 0.15) is 12.4 Å². The number of pyridine rings is 1. The third-order valence-corrected chi connectivity index (χ3v) is 3.13. The number of hydrogen-bond donors (Lipinski definition) is 1.